The average molecular weight is 329 g/mol. The first-order valence-corrected chi connectivity index (χ1v) is 8.47. The molecule has 0 aliphatic heterocycles. The molecule has 0 aliphatic carbocycles. The first kappa shape index (κ1) is 18.4. The van der Waals surface area contributed by atoms with E-state index < -0.39 is 22.0 Å². The van der Waals surface area contributed by atoms with Crippen molar-refractivity contribution in [3.63, 3.8) is 0 Å². The lowest BCUT2D eigenvalue weighted by Gasteiger charge is -2.18. The molecule has 0 saturated heterocycles. The molecule has 7 heteroatoms. The van der Waals surface area contributed by atoms with E-state index in [2.05, 4.69) is 4.72 Å². The van der Waals surface area contributed by atoms with Crippen LogP contribution in [-0.2, 0) is 14.8 Å². The van der Waals surface area contributed by atoms with E-state index in [9.17, 15) is 18.3 Å². The summed E-state index contributed by atoms with van der Waals surface area (Å²) in [5.41, 5.74) is 1.25. The third-order valence-corrected chi connectivity index (χ3v) is 5.12. The van der Waals surface area contributed by atoms with Gasteiger partial charge in [0.2, 0.25) is 10.0 Å². The number of carboxylic acids is 1. The molecular weight excluding hydrogens is 306 g/mol. The molecule has 0 aliphatic rings. The summed E-state index contributed by atoms with van der Waals surface area (Å²) < 4.78 is 32.4. The van der Waals surface area contributed by atoms with Gasteiger partial charge in [-0.05, 0) is 49.4 Å². The largest absolute Gasteiger partial charge is 0.496 e. The molecule has 124 valence electrons. The van der Waals surface area contributed by atoms with Crippen LogP contribution in [0.5, 0.6) is 5.75 Å². The molecule has 1 aromatic rings. The second kappa shape index (κ2) is 7.11. The lowest BCUT2D eigenvalue weighted by molar-refractivity contribution is -0.139. The van der Waals surface area contributed by atoms with Crippen molar-refractivity contribution >= 4 is 16.0 Å². The minimum atomic E-state index is -3.91. The maximum Gasteiger partial charge on any atom is 0.321 e. The smallest absolute Gasteiger partial charge is 0.321 e. The second-order valence-corrected chi connectivity index (χ2v) is 7.34. The highest BCUT2D eigenvalue weighted by Crippen LogP contribution is 2.27. The van der Waals surface area contributed by atoms with E-state index in [1.54, 1.807) is 19.9 Å². The molecule has 1 aromatic carbocycles. The molecule has 0 amide bonds. The number of carboxylic acid groups (broad SMARTS) is 1. The van der Waals surface area contributed by atoms with E-state index in [-0.39, 0.29) is 17.2 Å². The van der Waals surface area contributed by atoms with Gasteiger partial charge in [0, 0.05) is 0 Å². The van der Waals surface area contributed by atoms with Gasteiger partial charge in [-0.15, -0.1) is 0 Å². The van der Waals surface area contributed by atoms with Crippen molar-refractivity contribution in [2.75, 3.05) is 7.11 Å². The van der Waals surface area contributed by atoms with E-state index in [1.807, 2.05) is 13.8 Å². The van der Waals surface area contributed by atoms with Gasteiger partial charge in [0.15, 0.2) is 0 Å². The summed E-state index contributed by atoms with van der Waals surface area (Å²) in [4.78, 5) is 11.3. The molecule has 0 bridgehead atoms. The minimum absolute atomic E-state index is 0.0579. The predicted molar refractivity (Wildman–Crippen MR) is 83.7 cm³/mol. The second-order valence-electron chi connectivity index (χ2n) is 5.66. The van der Waals surface area contributed by atoms with Crippen molar-refractivity contribution < 1.29 is 23.1 Å². The van der Waals surface area contributed by atoms with E-state index in [4.69, 9.17) is 4.74 Å². The zero-order valence-electron chi connectivity index (χ0n) is 13.5. The van der Waals surface area contributed by atoms with Crippen LogP contribution in [0.2, 0.25) is 0 Å². The van der Waals surface area contributed by atoms with Crippen LogP contribution in [0.4, 0.5) is 0 Å². The zero-order chi connectivity index (χ0) is 17.1. The molecule has 0 spiro atoms. The summed E-state index contributed by atoms with van der Waals surface area (Å²) in [6.45, 7) is 7.11. The highest BCUT2D eigenvalue weighted by atomic mass is 32.2. The van der Waals surface area contributed by atoms with E-state index >= 15 is 0 Å². The molecule has 0 fully saturated rings. The van der Waals surface area contributed by atoms with Gasteiger partial charge in [-0.25, -0.2) is 8.42 Å². The third kappa shape index (κ3) is 4.20. The number of nitrogens with one attached hydrogen (secondary N) is 1. The highest BCUT2D eigenvalue weighted by molar-refractivity contribution is 7.89. The summed E-state index contributed by atoms with van der Waals surface area (Å²) in [6.07, 6.45) is 0.225. The molecule has 1 rings (SSSR count). The Balaban J connectivity index is 3.19. The standard InChI is InChI=1S/C15H23NO5S/c1-9(2)8-12(15(17)18)16-22(19,20)14-7-6-13(21-5)10(3)11(14)4/h6-7,9,12,16H,8H2,1-5H3,(H,17,18)/t12-/m1/s1. The van der Waals surface area contributed by atoms with Crippen LogP contribution in [0.15, 0.2) is 17.0 Å². The molecule has 0 heterocycles. The maximum absolute atomic E-state index is 12.5. The first-order chi connectivity index (χ1) is 10.1. The van der Waals surface area contributed by atoms with Crippen molar-refractivity contribution in [2.45, 2.75) is 45.1 Å². The molecular formula is C15H23NO5S. The highest BCUT2D eigenvalue weighted by Gasteiger charge is 2.27. The van der Waals surface area contributed by atoms with Gasteiger partial charge in [0.25, 0.3) is 0 Å². The molecule has 6 nitrogen and oxygen atoms in total. The van der Waals surface area contributed by atoms with Crippen LogP contribution in [0.1, 0.15) is 31.4 Å². The van der Waals surface area contributed by atoms with Gasteiger partial charge < -0.3 is 9.84 Å². The quantitative estimate of drug-likeness (QED) is 0.799. The summed E-state index contributed by atoms with van der Waals surface area (Å²) in [7, 11) is -2.40. The van der Waals surface area contributed by atoms with Crippen LogP contribution in [0, 0.1) is 19.8 Å². The Labute approximate surface area is 131 Å². The van der Waals surface area contributed by atoms with Gasteiger partial charge in [0.1, 0.15) is 11.8 Å². The number of methoxy groups -OCH3 is 1. The van der Waals surface area contributed by atoms with Gasteiger partial charge in [0.05, 0.1) is 12.0 Å². The van der Waals surface area contributed by atoms with Crippen molar-refractivity contribution in [2.24, 2.45) is 5.92 Å². The molecule has 0 unspecified atom stereocenters. The van der Waals surface area contributed by atoms with Crippen LogP contribution in [-0.4, -0.2) is 32.6 Å². The lowest BCUT2D eigenvalue weighted by Crippen LogP contribution is -2.41. The normalized spacial score (nSPS) is 13.2. The number of hydrogen-bond acceptors (Lipinski definition) is 4. The number of sulfonamides is 1. The monoisotopic (exact) mass is 329 g/mol. The number of hydrogen-bond donors (Lipinski definition) is 2. The summed E-state index contributed by atoms with van der Waals surface area (Å²) in [5, 5.41) is 9.19. The maximum atomic E-state index is 12.5. The van der Waals surface area contributed by atoms with Crippen molar-refractivity contribution in [1.29, 1.82) is 0 Å². The van der Waals surface area contributed by atoms with Gasteiger partial charge in [-0.2, -0.15) is 4.72 Å². The Hall–Kier alpha value is -1.60. The van der Waals surface area contributed by atoms with Gasteiger partial charge >= 0.3 is 5.97 Å². The molecule has 0 aromatic heterocycles. The minimum Gasteiger partial charge on any atom is -0.496 e. The van der Waals surface area contributed by atoms with Crippen LogP contribution < -0.4 is 9.46 Å². The summed E-state index contributed by atoms with van der Waals surface area (Å²) in [6, 6.07) is 1.85. The summed E-state index contributed by atoms with van der Waals surface area (Å²) in [5.74, 6) is -0.531. The molecule has 2 N–H and O–H groups in total. The Morgan fingerprint density at radius 3 is 2.32 bits per heavy atom. The zero-order valence-corrected chi connectivity index (χ0v) is 14.3. The van der Waals surface area contributed by atoms with E-state index in [1.165, 1.54) is 13.2 Å². The molecule has 0 saturated carbocycles. The molecule has 22 heavy (non-hydrogen) atoms. The number of carbonyl (C=O) groups is 1. The molecule has 0 radical (unpaired) electrons. The van der Waals surface area contributed by atoms with E-state index in [0.29, 0.717) is 16.9 Å². The van der Waals surface area contributed by atoms with Crippen LogP contribution in [0.3, 0.4) is 0 Å². The topological polar surface area (TPSA) is 92.7 Å². The number of rotatable bonds is 7. The number of aliphatic carboxylic acids is 1. The van der Waals surface area contributed by atoms with Crippen molar-refractivity contribution in [3.05, 3.63) is 23.3 Å². The Bertz CT molecular complexity index is 652. The van der Waals surface area contributed by atoms with Gasteiger partial charge in [-0.3, -0.25) is 4.79 Å². The van der Waals surface area contributed by atoms with Crippen molar-refractivity contribution in [1.82, 2.24) is 4.72 Å². The van der Waals surface area contributed by atoms with Crippen LogP contribution in [0.25, 0.3) is 0 Å². The molecule has 1 atom stereocenters. The first-order valence-electron chi connectivity index (χ1n) is 6.99. The Morgan fingerprint density at radius 1 is 1.27 bits per heavy atom. The summed E-state index contributed by atoms with van der Waals surface area (Å²) >= 11 is 0. The lowest BCUT2D eigenvalue weighted by atomic mass is 10.1. The SMILES string of the molecule is COc1ccc(S(=O)(=O)N[C@H](CC(C)C)C(=O)O)c(C)c1C. The Morgan fingerprint density at radius 2 is 1.86 bits per heavy atom. The third-order valence-electron chi connectivity index (χ3n) is 3.50. The van der Waals surface area contributed by atoms with E-state index in [0.717, 1.165) is 0 Å². The number of ether oxygens (including phenoxy) is 1. The average Bonchev–Trinajstić information content (AvgIpc) is 2.39. The van der Waals surface area contributed by atoms with Gasteiger partial charge in [-0.1, -0.05) is 13.8 Å². The number of benzene rings is 1. The predicted octanol–water partition coefficient (Wildman–Crippen LogP) is 2.09. The fourth-order valence-corrected chi connectivity index (χ4v) is 3.71. The fourth-order valence-electron chi connectivity index (χ4n) is 2.20. The van der Waals surface area contributed by atoms with Crippen molar-refractivity contribution in [3.8, 4) is 5.75 Å². The van der Waals surface area contributed by atoms with Crippen LogP contribution >= 0.6 is 0 Å². The Kier molecular flexibility index (Phi) is 5.96. The fraction of sp³-hybridized carbons (Fsp3) is 0.533.